The monoisotopic (exact) mass is 650 g/mol. The van der Waals surface area contributed by atoms with Gasteiger partial charge in [0.25, 0.3) is 0 Å². The highest BCUT2D eigenvalue weighted by Gasteiger charge is 2.69. The lowest BCUT2D eigenvalue weighted by molar-refractivity contribution is -0.193. The van der Waals surface area contributed by atoms with Crippen LogP contribution in [-0.4, -0.2) is 26.7 Å². The Kier molecular flexibility index (Phi) is 7.89. The van der Waals surface area contributed by atoms with Crippen molar-refractivity contribution in [1.29, 1.82) is 5.26 Å². The number of fused-ring (bicyclic) bond motifs is 7. The molecule has 4 saturated carbocycles. The van der Waals surface area contributed by atoms with Crippen LogP contribution in [-0.2, 0) is 27.4 Å². The number of nitriles is 1. The Balaban J connectivity index is 1.16. The van der Waals surface area contributed by atoms with Crippen molar-refractivity contribution in [2.24, 2.45) is 56.7 Å². The molecule has 1 aromatic carbocycles. The van der Waals surface area contributed by atoms with Gasteiger partial charge in [0.2, 0.25) is 0 Å². The van der Waals surface area contributed by atoms with Gasteiger partial charge in [-0.15, -0.1) is 5.10 Å². The van der Waals surface area contributed by atoms with E-state index in [4.69, 9.17) is 10.00 Å². The summed E-state index contributed by atoms with van der Waals surface area (Å²) in [6.45, 7) is 16.9. The number of esters is 1. The number of hydrogen-bond donors (Lipinski definition) is 0. The Labute approximate surface area is 286 Å². The van der Waals surface area contributed by atoms with E-state index < -0.39 is 5.41 Å². The number of carbonyl (C=O) groups is 2. The number of allylic oxidation sites excluding steroid dienone is 2. The van der Waals surface area contributed by atoms with Crippen LogP contribution < -0.4 is 0 Å². The maximum absolute atomic E-state index is 14.5. The molecular weight excluding hydrogens is 596 g/mol. The van der Waals surface area contributed by atoms with Crippen LogP contribution in [0.2, 0.25) is 0 Å². The largest absolute Gasteiger partial charge is 0.459 e. The second-order valence-corrected chi connectivity index (χ2v) is 17.7. The smallest absolute Gasteiger partial charge is 0.313 e. The molecule has 0 bridgehead atoms. The minimum absolute atomic E-state index is 0.0146. The molecule has 0 aliphatic heterocycles. The molecule has 1 aromatic heterocycles. The summed E-state index contributed by atoms with van der Waals surface area (Å²) >= 11 is 0. The Morgan fingerprint density at radius 2 is 1.75 bits per heavy atom. The molecule has 1 heterocycles. The van der Waals surface area contributed by atoms with Crippen LogP contribution in [0.1, 0.15) is 118 Å². The van der Waals surface area contributed by atoms with Crippen LogP contribution in [0.4, 0.5) is 0 Å². The summed E-state index contributed by atoms with van der Waals surface area (Å²) in [5.41, 5.74) is 3.47. The van der Waals surface area contributed by atoms with Crippen molar-refractivity contribution < 1.29 is 14.3 Å². The maximum Gasteiger partial charge on any atom is 0.313 e. The molecule has 0 amide bonds. The van der Waals surface area contributed by atoms with Crippen molar-refractivity contribution in [2.45, 2.75) is 119 Å². The first kappa shape index (κ1) is 33.2. The van der Waals surface area contributed by atoms with Crippen molar-refractivity contribution in [1.82, 2.24) is 15.0 Å². The highest BCUT2D eigenvalue weighted by Crippen LogP contribution is 2.75. The number of hydrogen-bond acceptors (Lipinski definition) is 6. The Morgan fingerprint density at radius 3 is 2.48 bits per heavy atom. The summed E-state index contributed by atoms with van der Waals surface area (Å²) in [6.07, 6.45) is 13.6. The molecule has 48 heavy (non-hydrogen) atoms. The van der Waals surface area contributed by atoms with Crippen LogP contribution in [0.15, 0.2) is 42.1 Å². The lowest BCUT2D eigenvalue weighted by Crippen LogP contribution is -2.65. The number of ether oxygens (including phenoxy) is 1. The number of rotatable bonds is 5. The SMILES string of the molecule is C[C@H]1[C@H](C)CC[C@]2(C(=O)OCc3cn(-c4ccc(CC#N)cc4)nn3)CC[C@]3(C)C(=CC[C@@H]4[C@@]5(C)CCC(=O)C(C)(C)[C@@H]5CC[C@]43C)[C@H]12. The van der Waals surface area contributed by atoms with E-state index in [9.17, 15) is 9.59 Å². The summed E-state index contributed by atoms with van der Waals surface area (Å²) in [4.78, 5) is 27.6. The summed E-state index contributed by atoms with van der Waals surface area (Å²) in [5, 5.41) is 17.6. The Bertz CT molecular complexity index is 1680. The van der Waals surface area contributed by atoms with E-state index in [2.05, 4.69) is 70.9 Å². The fraction of sp³-hybridized carbons (Fsp3) is 0.683. The summed E-state index contributed by atoms with van der Waals surface area (Å²) in [6, 6.07) is 9.87. The van der Waals surface area contributed by atoms with Gasteiger partial charge in [-0.1, -0.05) is 77.5 Å². The van der Waals surface area contributed by atoms with Crippen LogP contribution in [0.25, 0.3) is 5.69 Å². The van der Waals surface area contributed by atoms with Crippen molar-refractivity contribution in [3.05, 3.63) is 53.4 Å². The van der Waals surface area contributed by atoms with Gasteiger partial charge >= 0.3 is 5.97 Å². The van der Waals surface area contributed by atoms with Gasteiger partial charge in [-0.05, 0) is 115 Å². The fourth-order valence-corrected chi connectivity index (χ4v) is 12.3. The number of nitrogens with zero attached hydrogens (tertiary/aromatic N) is 4. The zero-order valence-corrected chi connectivity index (χ0v) is 30.1. The van der Waals surface area contributed by atoms with Gasteiger partial charge in [-0.2, -0.15) is 5.26 Å². The number of aromatic nitrogens is 3. The van der Waals surface area contributed by atoms with Crippen molar-refractivity contribution in [2.75, 3.05) is 0 Å². The maximum atomic E-state index is 14.5. The minimum atomic E-state index is -0.520. The molecule has 0 saturated heterocycles. The predicted octanol–water partition coefficient (Wildman–Crippen LogP) is 8.60. The van der Waals surface area contributed by atoms with E-state index in [1.54, 1.807) is 4.68 Å². The van der Waals surface area contributed by atoms with E-state index in [-0.39, 0.29) is 40.2 Å². The summed E-state index contributed by atoms with van der Waals surface area (Å²) in [5.74, 6) is 2.44. The molecule has 7 rings (SSSR count). The van der Waals surface area contributed by atoms with Gasteiger partial charge in [0.05, 0.1) is 29.8 Å². The summed E-state index contributed by atoms with van der Waals surface area (Å²) < 4.78 is 7.92. The molecule has 5 aliphatic carbocycles. The normalized spacial score (nSPS) is 39.9. The van der Waals surface area contributed by atoms with Gasteiger partial charge in [0, 0.05) is 11.8 Å². The average molecular weight is 651 g/mol. The first-order valence-electron chi connectivity index (χ1n) is 18.5. The standard InChI is InChI=1S/C41H54N4O3/c1-26-14-20-41(36(47)48-25-29-24-45(44-43-29)30-10-8-28(9-11-30)17-23-42)22-21-39(6)31(35(41)27(26)2)12-13-33-38(5)18-16-34(46)37(3,4)32(38)15-19-40(33,39)7/h8-12,24,26-27,32-33,35H,13-22,25H2,1-7H3/t26-,27+,32+,33-,35+,38+,39-,40-,41+/m1/s1. The third-order valence-corrected chi connectivity index (χ3v) is 15.5. The van der Waals surface area contributed by atoms with E-state index in [0.717, 1.165) is 62.6 Å². The van der Waals surface area contributed by atoms with Gasteiger partial charge in [-0.25, -0.2) is 4.68 Å². The Hall–Kier alpha value is -3.27. The minimum Gasteiger partial charge on any atom is -0.459 e. The molecule has 7 heteroatoms. The van der Waals surface area contributed by atoms with Crippen LogP contribution in [0, 0.1) is 68.0 Å². The zero-order valence-electron chi connectivity index (χ0n) is 30.1. The number of benzene rings is 1. The topological polar surface area (TPSA) is 97.9 Å². The molecule has 0 unspecified atom stereocenters. The number of ketones is 1. The fourth-order valence-electron chi connectivity index (χ4n) is 12.3. The van der Waals surface area contributed by atoms with E-state index in [0.29, 0.717) is 48.0 Å². The molecule has 2 aromatic rings. The molecule has 5 aliphatic rings. The predicted molar refractivity (Wildman–Crippen MR) is 184 cm³/mol. The highest BCUT2D eigenvalue weighted by molar-refractivity contribution is 5.85. The number of carbonyl (C=O) groups excluding carboxylic acids is 2. The molecule has 0 radical (unpaired) electrons. The van der Waals surface area contributed by atoms with E-state index in [1.807, 2.05) is 30.5 Å². The third-order valence-electron chi connectivity index (χ3n) is 15.5. The molecule has 4 fully saturated rings. The average Bonchev–Trinajstić information content (AvgIpc) is 3.53. The van der Waals surface area contributed by atoms with Crippen LogP contribution in [0.5, 0.6) is 0 Å². The molecule has 7 nitrogen and oxygen atoms in total. The highest BCUT2D eigenvalue weighted by atomic mass is 16.5. The second-order valence-electron chi connectivity index (χ2n) is 17.7. The van der Waals surface area contributed by atoms with Gasteiger partial charge < -0.3 is 4.74 Å². The molecule has 9 atom stereocenters. The van der Waals surface area contributed by atoms with Crippen LogP contribution in [0.3, 0.4) is 0 Å². The second kappa shape index (κ2) is 11.4. The Morgan fingerprint density at radius 1 is 1.00 bits per heavy atom. The molecule has 256 valence electrons. The van der Waals surface area contributed by atoms with Gasteiger partial charge in [0.15, 0.2) is 0 Å². The van der Waals surface area contributed by atoms with Gasteiger partial charge in [0.1, 0.15) is 18.1 Å². The summed E-state index contributed by atoms with van der Waals surface area (Å²) in [7, 11) is 0. The van der Waals surface area contributed by atoms with Gasteiger partial charge in [-0.3, -0.25) is 9.59 Å². The van der Waals surface area contributed by atoms with Crippen molar-refractivity contribution in [3.63, 3.8) is 0 Å². The number of Topliss-reactive ketones (excluding diaryl/α,β-unsaturated/α-hetero) is 1. The first-order valence-corrected chi connectivity index (χ1v) is 18.5. The lowest BCUT2D eigenvalue weighted by atomic mass is 9.33. The zero-order chi connectivity index (χ0) is 34.3. The van der Waals surface area contributed by atoms with E-state index in [1.165, 1.54) is 5.57 Å². The van der Waals surface area contributed by atoms with Crippen molar-refractivity contribution >= 4 is 11.8 Å². The molecule has 0 N–H and O–H groups in total. The lowest BCUT2D eigenvalue weighted by Gasteiger charge is -2.70. The van der Waals surface area contributed by atoms with E-state index >= 15 is 0 Å². The third kappa shape index (κ3) is 4.63. The quantitative estimate of drug-likeness (QED) is 0.237. The van der Waals surface area contributed by atoms with Crippen LogP contribution >= 0.6 is 0 Å². The molecule has 0 spiro atoms. The molecular formula is C41H54N4O3. The van der Waals surface area contributed by atoms with Crippen molar-refractivity contribution in [3.8, 4) is 11.8 Å². The first-order chi connectivity index (χ1) is 22.7.